The van der Waals surface area contributed by atoms with Gasteiger partial charge in [0.1, 0.15) is 6.54 Å². The van der Waals surface area contributed by atoms with Crippen LogP contribution in [-0.4, -0.2) is 44.4 Å². The molecule has 0 heterocycles. The third-order valence-electron chi connectivity index (χ3n) is 4.15. The van der Waals surface area contributed by atoms with E-state index in [2.05, 4.69) is 10.6 Å². The van der Waals surface area contributed by atoms with Crippen LogP contribution in [0.4, 0.5) is 24.5 Å². The van der Waals surface area contributed by atoms with Gasteiger partial charge in [0.05, 0.1) is 16.3 Å². The van der Waals surface area contributed by atoms with E-state index in [1.54, 1.807) is 19.9 Å². The first-order valence-electron chi connectivity index (χ1n) is 8.71. The Morgan fingerprint density at radius 1 is 1.07 bits per heavy atom. The number of hydrogen-bond donors (Lipinski definition) is 2. The van der Waals surface area contributed by atoms with Crippen LogP contribution in [0, 0.1) is 0 Å². The summed E-state index contributed by atoms with van der Waals surface area (Å²) in [6.45, 7) is 2.19. The van der Waals surface area contributed by atoms with Gasteiger partial charge in [0.2, 0.25) is 10.0 Å². The number of nitrogens with one attached hydrogen (secondary N) is 2. The van der Waals surface area contributed by atoms with Gasteiger partial charge in [-0.2, -0.15) is 17.5 Å². The van der Waals surface area contributed by atoms with Crippen molar-refractivity contribution < 1.29 is 26.4 Å². The van der Waals surface area contributed by atoms with E-state index < -0.39 is 28.7 Å². The minimum Gasteiger partial charge on any atom is -0.375 e. The Hall–Kier alpha value is -2.59. The van der Waals surface area contributed by atoms with Gasteiger partial charge in [-0.25, -0.2) is 8.42 Å². The zero-order valence-corrected chi connectivity index (χ0v) is 16.9. The molecular weight excluding hydrogens is 407 g/mol. The number of para-hydroxylation sites is 2. The monoisotopic (exact) mass is 429 g/mol. The predicted octanol–water partition coefficient (Wildman–Crippen LogP) is 3.94. The zero-order valence-electron chi connectivity index (χ0n) is 16.1. The van der Waals surface area contributed by atoms with Crippen LogP contribution in [0.2, 0.25) is 0 Å². The van der Waals surface area contributed by atoms with E-state index in [1.165, 1.54) is 53.8 Å². The highest BCUT2D eigenvalue weighted by atomic mass is 32.2. The molecule has 0 saturated carbocycles. The lowest BCUT2D eigenvalue weighted by atomic mass is 10.2. The van der Waals surface area contributed by atoms with Crippen molar-refractivity contribution in [1.29, 1.82) is 0 Å². The van der Waals surface area contributed by atoms with Crippen LogP contribution in [0.1, 0.15) is 24.2 Å². The van der Waals surface area contributed by atoms with Gasteiger partial charge in [-0.05, 0) is 44.2 Å². The molecule has 1 amide bonds. The minimum atomic E-state index is -4.41. The second-order valence-electron chi connectivity index (χ2n) is 6.61. The lowest BCUT2D eigenvalue weighted by Gasteiger charge is -2.21. The van der Waals surface area contributed by atoms with Crippen LogP contribution in [0.5, 0.6) is 0 Å². The lowest BCUT2D eigenvalue weighted by Crippen LogP contribution is -2.33. The molecule has 0 spiro atoms. The molecule has 0 unspecified atom stereocenters. The van der Waals surface area contributed by atoms with Gasteiger partial charge >= 0.3 is 6.18 Å². The molecule has 0 aliphatic rings. The first-order valence-corrected chi connectivity index (χ1v) is 10.1. The molecule has 0 aliphatic heterocycles. The normalized spacial score (nSPS) is 12.3. The van der Waals surface area contributed by atoms with Crippen molar-refractivity contribution in [2.24, 2.45) is 0 Å². The molecule has 0 atom stereocenters. The number of benzene rings is 2. The van der Waals surface area contributed by atoms with E-state index >= 15 is 0 Å². The van der Waals surface area contributed by atoms with E-state index in [1.807, 2.05) is 0 Å². The first kappa shape index (κ1) is 22.7. The molecule has 0 radical (unpaired) electrons. The van der Waals surface area contributed by atoms with Gasteiger partial charge in [0.15, 0.2) is 0 Å². The van der Waals surface area contributed by atoms with Gasteiger partial charge in [-0.3, -0.25) is 4.79 Å². The molecule has 2 N–H and O–H groups in total. The average molecular weight is 429 g/mol. The van der Waals surface area contributed by atoms with Crippen LogP contribution in [-0.2, 0) is 10.0 Å². The quantitative estimate of drug-likeness (QED) is 0.699. The molecule has 0 fully saturated rings. The topological polar surface area (TPSA) is 78.5 Å². The Balaban J connectivity index is 2.25. The van der Waals surface area contributed by atoms with Crippen molar-refractivity contribution in [3.8, 4) is 0 Å². The Kier molecular flexibility index (Phi) is 6.91. The van der Waals surface area contributed by atoms with Gasteiger partial charge in [0, 0.05) is 18.7 Å². The van der Waals surface area contributed by atoms with Gasteiger partial charge < -0.3 is 10.6 Å². The predicted molar refractivity (Wildman–Crippen MR) is 105 cm³/mol. The number of nitrogens with zero attached hydrogens (tertiary/aromatic N) is 1. The molecule has 0 bridgehead atoms. The first-order chi connectivity index (χ1) is 13.4. The van der Waals surface area contributed by atoms with Gasteiger partial charge in [-0.1, -0.05) is 18.2 Å². The van der Waals surface area contributed by atoms with E-state index in [-0.39, 0.29) is 27.9 Å². The number of hydrogen-bond acceptors (Lipinski definition) is 4. The summed E-state index contributed by atoms with van der Waals surface area (Å²) in [5, 5.41) is 4.75. The van der Waals surface area contributed by atoms with E-state index in [4.69, 9.17) is 0 Å². The second kappa shape index (κ2) is 8.83. The molecule has 158 valence electrons. The number of carbonyl (C=O) groups is 1. The smallest absolute Gasteiger partial charge is 0.375 e. The lowest BCUT2D eigenvalue weighted by molar-refractivity contribution is -0.115. The number of alkyl halides is 3. The molecule has 2 rings (SSSR count). The van der Waals surface area contributed by atoms with E-state index in [0.717, 1.165) is 0 Å². The number of rotatable bonds is 7. The van der Waals surface area contributed by atoms with E-state index in [9.17, 15) is 26.4 Å². The van der Waals surface area contributed by atoms with Crippen molar-refractivity contribution in [2.45, 2.75) is 31.0 Å². The molecule has 0 saturated heterocycles. The third kappa shape index (κ3) is 5.94. The van der Waals surface area contributed by atoms with Crippen molar-refractivity contribution in [2.75, 3.05) is 24.2 Å². The Labute approximate surface area is 167 Å². The summed E-state index contributed by atoms with van der Waals surface area (Å²) >= 11 is 0. The molecule has 0 aliphatic carbocycles. The molecule has 2 aromatic rings. The van der Waals surface area contributed by atoms with Crippen LogP contribution in [0.15, 0.2) is 53.4 Å². The highest BCUT2D eigenvalue weighted by Gasteiger charge is 2.27. The summed E-state index contributed by atoms with van der Waals surface area (Å²) in [4.78, 5) is 12.5. The maximum Gasteiger partial charge on any atom is 0.405 e. The minimum absolute atomic E-state index is 0.0511. The maximum absolute atomic E-state index is 12.6. The number of amides is 1. The Bertz CT molecular complexity index is 976. The Morgan fingerprint density at radius 2 is 1.69 bits per heavy atom. The fourth-order valence-electron chi connectivity index (χ4n) is 2.38. The van der Waals surface area contributed by atoms with E-state index in [0.29, 0.717) is 0 Å². The summed E-state index contributed by atoms with van der Waals surface area (Å²) in [6.07, 6.45) is -4.41. The zero-order chi connectivity index (χ0) is 21.8. The summed E-state index contributed by atoms with van der Waals surface area (Å²) in [6, 6.07) is 11.1. The fourth-order valence-corrected chi connectivity index (χ4v) is 3.79. The summed E-state index contributed by atoms with van der Waals surface area (Å²) < 4.78 is 63.8. The van der Waals surface area contributed by atoms with Crippen molar-refractivity contribution in [1.82, 2.24) is 4.31 Å². The standard InChI is InChI=1S/C19H22F3N3O3S/c1-13(2)25(3)29(27,28)15-8-6-7-14(11-15)18(26)24-17-10-5-4-9-16(17)23-12-19(20,21)22/h4-11,13,23H,12H2,1-3H3,(H,24,26). The summed E-state index contributed by atoms with van der Waals surface area (Å²) in [5.74, 6) is -0.643. The van der Waals surface area contributed by atoms with Gasteiger partial charge in [0.25, 0.3) is 5.91 Å². The van der Waals surface area contributed by atoms with Crippen molar-refractivity contribution >= 4 is 27.3 Å². The van der Waals surface area contributed by atoms with Crippen molar-refractivity contribution in [3.05, 3.63) is 54.1 Å². The number of carbonyl (C=O) groups excluding carboxylic acids is 1. The largest absolute Gasteiger partial charge is 0.405 e. The number of halogens is 3. The maximum atomic E-state index is 12.6. The summed E-state index contributed by atoms with van der Waals surface area (Å²) in [7, 11) is -2.34. The highest BCUT2D eigenvalue weighted by Crippen LogP contribution is 2.25. The summed E-state index contributed by atoms with van der Waals surface area (Å²) in [5.41, 5.74) is 0.310. The molecule has 0 aromatic heterocycles. The molecule has 2 aromatic carbocycles. The van der Waals surface area contributed by atoms with Crippen LogP contribution in [0.25, 0.3) is 0 Å². The van der Waals surface area contributed by atoms with Gasteiger partial charge in [-0.15, -0.1) is 0 Å². The van der Waals surface area contributed by atoms with Crippen LogP contribution >= 0.6 is 0 Å². The average Bonchev–Trinajstić information content (AvgIpc) is 2.66. The van der Waals surface area contributed by atoms with Crippen LogP contribution in [0.3, 0.4) is 0 Å². The number of anilines is 2. The molecule has 10 heteroatoms. The highest BCUT2D eigenvalue weighted by molar-refractivity contribution is 7.89. The van der Waals surface area contributed by atoms with Crippen molar-refractivity contribution in [3.63, 3.8) is 0 Å². The second-order valence-corrected chi connectivity index (χ2v) is 8.61. The fraction of sp³-hybridized carbons (Fsp3) is 0.316. The molecule has 6 nitrogen and oxygen atoms in total. The molecule has 29 heavy (non-hydrogen) atoms. The third-order valence-corrected chi connectivity index (χ3v) is 6.18. The molecular formula is C19H22F3N3O3S. The SMILES string of the molecule is CC(C)N(C)S(=O)(=O)c1cccc(C(=O)Nc2ccccc2NCC(F)(F)F)c1. The Morgan fingerprint density at radius 3 is 2.28 bits per heavy atom. The van der Waals surface area contributed by atoms with Crippen LogP contribution < -0.4 is 10.6 Å². The number of sulfonamides is 1.